The van der Waals surface area contributed by atoms with Crippen LogP contribution in [0.3, 0.4) is 0 Å². The average molecular weight is 462 g/mol. The molecule has 0 unspecified atom stereocenters. The van der Waals surface area contributed by atoms with Crippen molar-refractivity contribution in [3.05, 3.63) is 125 Å². The fourth-order valence-electron chi connectivity index (χ4n) is 4.79. The van der Waals surface area contributed by atoms with Crippen LogP contribution >= 0.6 is 0 Å². The quantitative estimate of drug-likeness (QED) is 0.360. The Labute approximate surface area is 205 Å². The molecule has 0 aromatic heterocycles. The molecule has 4 heteroatoms. The molecule has 174 valence electrons. The lowest BCUT2D eigenvalue weighted by atomic mass is 9.88. The van der Waals surface area contributed by atoms with Gasteiger partial charge in [-0.05, 0) is 42.2 Å². The van der Waals surface area contributed by atoms with Crippen molar-refractivity contribution in [3.63, 3.8) is 0 Å². The zero-order chi connectivity index (χ0) is 24.6. The molecule has 4 nitrogen and oxygen atoms in total. The Morgan fingerprint density at radius 3 is 2.23 bits per heavy atom. The van der Waals surface area contributed by atoms with Crippen LogP contribution in [0.25, 0.3) is 11.1 Å². The summed E-state index contributed by atoms with van der Waals surface area (Å²) in [4.78, 5) is 28.5. The lowest BCUT2D eigenvalue weighted by molar-refractivity contribution is -0.136. The number of ketones is 1. The minimum Gasteiger partial charge on any atom is -0.375 e. The molecule has 0 fully saturated rings. The second-order valence-corrected chi connectivity index (χ2v) is 9.24. The number of aryl methyl sites for hydroxylation is 2. The minimum atomic E-state index is -1.90. The van der Waals surface area contributed by atoms with Crippen molar-refractivity contribution in [2.75, 3.05) is 4.90 Å². The molecule has 1 aliphatic heterocycles. The van der Waals surface area contributed by atoms with Crippen LogP contribution in [0, 0.1) is 13.8 Å². The largest absolute Gasteiger partial charge is 0.375 e. The Bertz CT molecular complexity index is 1410. The zero-order valence-corrected chi connectivity index (χ0v) is 19.9. The van der Waals surface area contributed by atoms with Gasteiger partial charge in [0.2, 0.25) is 0 Å². The van der Waals surface area contributed by atoms with Gasteiger partial charge in [-0.2, -0.15) is 0 Å². The summed E-state index contributed by atoms with van der Waals surface area (Å²) >= 11 is 0. The number of nitrogens with zero attached hydrogens (tertiary/aromatic N) is 1. The van der Waals surface area contributed by atoms with Crippen LogP contribution in [0.1, 0.15) is 39.0 Å². The summed E-state index contributed by atoms with van der Waals surface area (Å²) in [6.45, 7) is 4.36. The number of rotatable bonds is 6. The van der Waals surface area contributed by atoms with E-state index in [1.807, 2.05) is 80.6 Å². The molecule has 1 amide bonds. The molecule has 35 heavy (non-hydrogen) atoms. The molecule has 4 aromatic carbocycles. The molecule has 0 spiro atoms. The molecule has 1 aliphatic rings. The molecule has 4 aromatic rings. The Morgan fingerprint density at radius 2 is 1.49 bits per heavy atom. The summed E-state index contributed by atoms with van der Waals surface area (Å²) in [5.41, 5.74) is 4.95. The van der Waals surface area contributed by atoms with Crippen molar-refractivity contribution in [1.29, 1.82) is 0 Å². The first kappa shape index (κ1) is 22.8. The maximum atomic E-state index is 13.6. The molecular weight excluding hydrogens is 434 g/mol. The number of benzene rings is 4. The first-order chi connectivity index (χ1) is 16.9. The summed E-state index contributed by atoms with van der Waals surface area (Å²) in [5, 5.41) is 11.6. The van der Waals surface area contributed by atoms with E-state index in [1.54, 1.807) is 29.2 Å². The highest BCUT2D eigenvalue weighted by Crippen LogP contribution is 2.43. The Kier molecular flexibility index (Phi) is 5.83. The number of aliphatic hydroxyl groups is 1. The molecular formula is C31H27NO3. The third-order valence-corrected chi connectivity index (χ3v) is 6.80. The first-order valence-electron chi connectivity index (χ1n) is 11.8. The number of fused-ring (bicyclic) bond motifs is 1. The number of para-hydroxylation sites is 1. The van der Waals surface area contributed by atoms with Crippen molar-refractivity contribution < 1.29 is 14.7 Å². The second-order valence-electron chi connectivity index (χ2n) is 9.24. The van der Waals surface area contributed by atoms with Gasteiger partial charge in [-0.1, -0.05) is 96.6 Å². The predicted octanol–water partition coefficient (Wildman–Crippen LogP) is 5.98. The fourth-order valence-corrected chi connectivity index (χ4v) is 4.79. The van der Waals surface area contributed by atoms with Crippen LogP contribution in [0.4, 0.5) is 5.69 Å². The molecule has 0 radical (unpaired) electrons. The van der Waals surface area contributed by atoms with E-state index in [1.165, 1.54) is 0 Å². The van der Waals surface area contributed by atoms with Gasteiger partial charge in [0.25, 0.3) is 5.91 Å². The van der Waals surface area contributed by atoms with E-state index in [-0.39, 0.29) is 12.2 Å². The lowest BCUT2D eigenvalue weighted by Crippen LogP contribution is -2.41. The van der Waals surface area contributed by atoms with Crippen molar-refractivity contribution in [1.82, 2.24) is 0 Å². The molecule has 1 heterocycles. The van der Waals surface area contributed by atoms with E-state index >= 15 is 0 Å². The van der Waals surface area contributed by atoms with Crippen LogP contribution in [-0.2, 0) is 16.9 Å². The number of hydrogen-bond donors (Lipinski definition) is 1. The molecule has 1 N–H and O–H groups in total. The van der Waals surface area contributed by atoms with Crippen LogP contribution < -0.4 is 4.90 Å². The summed E-state index contributed by atoms with van der Waals surface area (Å²) in [5.74, 6) is -0.738. The van der Waals surface area contributed by atoms with Crippen LogP contribution in [0.5, 0.6) is 0 Å². The van der Waals surface area contributed by atoms with Crippen molar-refractivity contribution in [2.45, 2.75) is 32.4 Å². The van der Waals surface area contributed by atoms with E-state index in [2.05, 4.69) is 6.07 Å². The fraction of sp³-hybridized carbons (Fsp3) is 0.161. The van der Waals surface area contributed by atoms with Gasteiger partial charge in [-0.25, -0.2) is 0 Å². The molecule has 1 atom stereocenters. The summed E-state index contributed by atoms with van der Waals surface area (Å²) < 4.78 is 0. The van der Waals surface area contributed by atoms with Gasteiger partial charge in [0.15, 0.2) is 11.4 Å². The minimum absolute atomic E-state index is 0.274. The van der Waals surface area contributed by atoms with Gasteiger partial charge in [-0.3, -0.25) is 9.59 Å². The number of hydrogen-bond acceptors (Lipinski definition) is 3. The smallest absolute Gasteiger partial charge is 0.264 e. The average Bonchev–Trinajstić information content (AvgIpc) is 3.08. The van der Waals surface area contributed by atoms with E-state index in [4.69, 9.17) is 0 Å². The van der Waals surface area contributed by atoms with E-state index < -0.39 is 11.5 Å². The van der Waals surface area contributed by atoms with Crippen LogP contribution in [0.15, 0.2) is 97.1 Å². The van der Waals surface area contributed by atoms with Crippen molar-refractivity contribution >= 4 is 17.4 Å². The maximum Gasteiger partial charge on any atom is 0.264 e. The highest BCUT2D eigenvalue weighted by atomic mass is 16.3. The van der Waals surface area contributed by atoms with Gasteiger partial charge in [0.1, 0.15) is 0 Å². The van der Waals surface area contributed by atoms with Gasteiger partial charge in [0.05, 0.1) is 18.7 Å². The van der Waals surface area contributed by atoms with Crippen molar-refractivity contribution in [3.8, 4) is 11.1 Å². The lowest BCUT2D eigenvalue weighted by Gasteiger charge is -2.23. The van der Waals surface area contributed by atoms with Gasteiger partial charge < -0.3 is 10.0 Å². The van der Waals surface area contributed by atoms with Gasteiger partial charge in [0, 0.05) is 11.1 Å². The highest BCUT2D eigenvalue weighted by molar-refractivity contribution is 6.10. The Balaban J connectivity index is 1.43. The van der Waals surface area contributed by atoms with E-state index in [0.29, 0.717) is 23.4 Å². The zero-order valence-electron chi connectivity index (χ0n) is 19.9. The number of Topliss-reactive ketones (excluding diaryl/α,β-unsaturated/α-hetero) is 1. The molecule has 0 aliphatic carbocycles. The summed E-state index contributed by atoms with van der Waals surface area (Å²) in [7, 11) is 0. The summed E-state index contributed by atoms with van der Waals surface area (Å²) in [6, 6.07) is 30.6. The van der Waals surface area contributed by atoms with Crippen LogP contribution in [0.2, 0.25) is 0 Å². The van der Waals surface area contributed by atoms with Crippen LogP contribution in [-0.4, -0.2) is 16.8 Å². The second kappa shape index (κ2) is 8.97. The third-order valence-electron chi connectivity index (χ3n) is 6.80. The SMILES string of the molecule is Cc1ccc(C)c(CN2C(=O)[C@@](O)(CC(=O)c3ccc(-c4ccccc4)cc3)c3ccccc32)c1. The third kappa shape index (κ3) is 4.17. The maximum absolute atomic E-state index is 13.6. The monoisotopic (exact) mass is 461 g/mol. The number of carbonyl (C=O) groups excluding carboxylic acids is 2. The Morgan fingerprint density at radius 1 is 0.829 bits per heavy atom. The number of anilines is 1. The standard InChI is InChI=1S/C31H27NO3/c1-21-12-13-22(2)26(18-21)20-32-28-11-7-6-10-27(28)31(35,30(32)34)19-29(33)25-16-14-24(15-17-25)23-8-4-3-5-9-23/h3-18,35H,19-20H2,1-2H3/t31-/m1/s1. The predicted molar refractivity (Wildman–Crippen MR) is 138 cm³/mol. The molecule has 0 saturated heterocycles. The number of amides is 1. The molecule has 5 rings (SSSR count). The van der Waals surface area contributed by atoms with Crippen molar-refractivity contribution in [2.24, 2.45) is 0 Å². The van der Waals surface area contributed by atoms with E-state index in [9.17, 15) is 14.7 Å². The van der Waals surface area contributed by atoms with Gasteiger partial charge >= 0.3 is 0 Å². The molecule has 0 saturated carbocycles. The summed E-state index contributed by atoms with van der Waals surface area (Å²) in [6.07, 6.45) is -0.309. The normalized spacial score (nSPS) is 16.9. The van der Waals surface area contributed by atoms with Gasteiger partial charge in [-0.15, -0.1) is 0 Å². The molecule has 0 bridgehead atoms. The van der Waals surface area contributed by atoms with E-state index in [0.717, 1.165) is 27.8 Å². The highest BCUT2D eigenvalue weighted by Gasteiger charge is 2.50. The number of carbonyl (C=O) groups is 2. The first-order valence-corrected chi connectivity index (χ1v) is 11.8. The topological polar surface area (TPSA) is 57.6 Å². The Hall–Kier alpha value is -4.02.